The molecule has 2 aromatic carbocycles. The molecule has 4 rings (SSSR count). The Hall–Kier alpha value is -3.35. The zero-order valence-electron chi connectivity index (χ0n) is 17.4. The Kier molecular flexibility index (Phi) is 5.97. The molecule has 1 amide bonds. The summed E-state index contributed by atoms with van der Waals surface area (Å²) in [6, 6.07) is 16.0. The van der Waals surface area contributed by atoms with Gasteiger partial charge in [0, 0.05) is 50.3 Å². The van der Waals surface area contributed by atoms with Gasteiger partial charge in [-0.15, -0.1) is 0 Å². The third-order valence-corrected chi connectivity index (χ3v) is 5.37. The molecule has 0 N–H and O–H groups in total. The van der Waals surface area contributed by atoms with Crippen LogP contribution in [0, 0.1) is 6.92 Å². The largest absolute Gasteiger partial charge is 0.497 e. The van der Waals surface area contributed by atoms with Crippen molar-refractivity contribution in [3.63, 3.8) is 0 Å². The molecule has 1 aliphatic rings. The molecule has 0 radical (unpaired) electrons. The molecular weight excluding hydrogens is 380 g/mol. The highest BCUT2D eigenvalue weighted by Crippen LogP contribution is 2.21. The van der Waals surface area contributed by atoms with Crippen molar-refractivity contribution in [2.24, 2.45) is 0 Å². The van der Waals surface area contributed by atoms with Crippen LogP contribution >= 0.6 is 0 Å². The summed E-state index contributed by atoms with van der Waals surface area (Å²) in [5.74, 6) is 2.03. The first-order chi connectivity index (χ1) is 14.6. The monoisotopic (exact) mass is 406 g/mol. The number of amides is 1. The van der Waals surface area contributed by atoms with E-state index in [-0.39, 0.29) is 5.91 Å². The molecule has 1 saturated heterocycles. The minimum Gasteiger partial charge on any atom is -0.497 e. The van der Waals surface area contributed by atoms with E-state index in [9.17, 15) is 4.79 Å². The maximum Gasteiger partial charge on any atom is 0.227 e. The molecule has 0 aliphatic carbocycles. The summed E-state index contributed by atoms with van der Waals surface area (Å²) in [4.78, 5) is 21.3. The summed E-state index contributed by atoms with van der Waals surface area (Å²) in [5.41, 5.74) is 3.21. The Morgan fingerprint density at radius 1 is 1.10 bits per heavy atom. The molecule has 3 aromatic rings. The summed E-state index contributed by atoms with van der Waals surface area (Å²) in [6.45, 7) is 5.08. The van der Waals surface area contributed by atoms with Crippen LogP contribution in [0.15, 0.2) is 53.1 Å². The molecule has 7 heteroatoms. The maximum atomic E-state index is 12.6. The highest BCUT2D eigenvalue weighted by Gasteiger charge is 2.22. The molecule has 1 fully saturated rings. The van der Waals surface area contributed by atoms with E-state index >= 15 is 0 Å². The van der Waals surface area contributed by atoms with Gasteiger partial charge in [0.05, 0.1) is 7.11 Å². The number of aryl methyl sites for hydroxylation is 2. The lowest BCUT2D eigenvalue weighted by Gasteiger charge is -2.36. The van der Waals surface area contributed by atoms with Crippen molar-refractivity contribution in [2.45, 2.75) is 19.8 Å². The lowest BCUT2D eigenvalue weighted by Crippen LogP contribution is -2.48. The van der Waals surface area contributed by atoms with Crippen molar-refractivity contribution in [3.8, 4) is 17.1 Å². The number of hydrogen-bond donors (Lipinski definition) is 0. The third-order valence-electron chi connectivity index (χ3n) is 5.37. The Morgan fingerprint density at radius 3 is 2.57 bits per heavy atom. The van der Waals surface area contributed by atoms with E-state index in [1.54, 1.807) is 7.11 Å². The molecule has 0 atom stereocenters. The molecular formula is C23H26N4O3. The van der Waals surface area contributed by atoms with Crippen LogP contribution in [0.2, 0.25) is 0 Å². The lowest BCUT2D eigenvalue weighted by atomic mass is 10.1. The summed E-state index contributed by atoms with van der Waals surface area (Å²) in [6.07, 6.45) is 0.828. The van der Waals surface area contributed by atoms with Crippen molar-refractivity contribution in [1.29, 1.82) is 0 Å². The fourth-order valence-electron chi connectivity index (χ4n) is 3.64. The highest BCUT2D eigenvalue weighted by molar-refractivity contribution is 5.76. The van der Waals surface area contributed by atoms with Crippen LogP contribution in [0.3, 0.4) is 0 Å². The molecule has 0 unspecified atom stereocenters. The van der Waals surface area contributed by atoms with Crippen LogP contribution in [-0.4, -0.2) is 54.2 Å². The number of anilines is 1. The van der Waals surface area contributed by atoms with Crippen molar-refractivity contribution >= 4 is 11.6 Å². The molecule has 2 heterocycles. The zero-order chi connectivity index (χ0) is 20.9. The average Bonchev–Trinajstić information content (AvgIpc) is 3.27. The second-order valence-corrected chi connectivity index (χ2v) is 7.45. The Labute approximate surface area is 176 Å². The fourth-order valence-corrected chi connectivity index (χ4v) is 3.64. The van der Waals surface area contributed by atoms with E-state index in [1.165, 1.54) is 0 Å². The van der Waals surface area contributed by atoms with Crippen molar-refractivity contribution < 1.29 is 14.1 Å². The lowest BCUT2D eigenvalue weighted by molar-refractivity contribution is -0.131. The van der Waals surface area contributed by atoms with Crippen molar-refractivity contribution in [3.05, 3.63) is 60.0 Å². The predicted molar refractivity (Wildman–Crippen MR) is 115 cm³/mol. The van der Waals surface area contributed by atoms with Gasteiger partial charge < -0.3 is 19.1 Å². The number of nitrogens with zero attached hydrogens (tertiary/aromatic N) is 4. The summed E-state index contributed by atoms with van der Waals surface area (Å²) < 4.78 is 10.6. The number of hydrogen-bond acceptors (Lipinski definition) is 6. The molecule has 0 bridgehead atoms. The van der Waals surface area contributed by atoms with Gasteiger partial charge in [-0.2, -0.15) is 4.98 Å². The normalized spacial score (nSPS) is 14.1. The smallest absolute Gasteiger partial charge is 0.227 e. The number of carbonyl (C=O) groups is 1. The zero-order valence-corrected chi connectivity index (χ0v) is 17.4. The Morgan fingerprint density at radius 2 is 1.87 bits per heavy atom. The van der Waals surface area contributed by atoms with Gasteiger partial charge in [-0.05, 0) is 37.3 Å². The van der Waals surface area contributed by atoms with Gasteiger partial charge in [0.25, 0.3) is 0 Å². The first-order valence-corrected chi connectivity index (χ1v) is 10.2. The highest BCUT2D eigenvalue weighted by atomic mass is 16.5. The van der Waals surface area contributed by atoms with Crippen LogP contribution in [0.1, 0.15) is 17.9 Å². The predicted octanol–water partition coefficient (Wildman–Crippen LogP) is 3.34. The number of piperazine rings is 1. The number of ether oxygens (including phenoxy) is 1. The molecule has 1 aliphatic heterocycles. The second kappa shape index (κ2) is 8.98. The molecule has 0 spiro atoms. The van der Waals surface area contributed by atoms with Crippen LogP contribution in [-0.2, 0) is 11.2 Å². The van der Waals surface area contributed by atoms with Crippen molar-refractivity contribution in [2.75, 3.05) is 38.2 Å². The van der Waals surface area contributed by atoms with Gasteiger partial charge in [0.2, 0.25) is 17.6 Å². The first-order valence-electron chi connectivity index (χ1n) is 10.2. The molecule has 30 heavy (non-hydrogen) atoms. The minimum atomic E-state index is 0.125. The molecule has 0 saturated carbocycles. The van der Waals surface area contributed by atoms with E-state index in [0.717, 1.165) is 35.7 Å². The molecule has 7 nitrogen and oxygen atoms in total. The van der Waals surface area contributed by atoms with Gasteiger partial charge in [-0.25, -0.2) is 0 Å². The Bertz CT molecular complexity index is 992. The van der Waals surface area contributed by atoms with Crippen molar-refractivity contribution in [1.82, 2.24) is 15.0 Å². The van der Waals surface area contributed by atoms with E-state index in [2.05, 4.69) is 27.2 Å². The number of rotatable bonds is 6. The van der Waals surface area contributed by atoms with Gasteiger partial charge in [-0.3, -0.25) is 4.79 Å². The fraction of sp³-hybridized carbons (Fsp3) is 0.348. The van der Waals surface area contributed by atoms with E-state index in [4.69, 9.17) is 9.26 Å². The summed E-state index contributed by atoms with van der Waals surface area (Å²) >= 11 is 0. The maximum absolute atomic E-state index is 12.6. The SMILES string of the molecule is COc1ccc(N2CCN(C(=O)CCc3nc(-c4cccc(C)c4)no3)CC2)cc1. The first kappa shape index (κ1) is 19.9. The topological polar surface area (TPSA) is 71.7 Å². The van der Waals surface area contributed by atoms with E-state index < -0.39 is 0 Å². The Balaban J connectivity index is 1.27. The summed E-state index contributed by atoms with van der Waals surface area (Å²) in [5, 5.41) is 4.05. The average molecular weight is 406 g/mol. The van der Waals surface area contributed by atoms with Gasteiger partial charge in [-0.1, -0.05) is 28.9 Å². The third kappa shape index (κ3) is 4.62. The number of aromatic nitrogens is 2. The number of methoxy groups -OCH3 is 1. The van der Waals surface area contributed by atoms with E-state index in [0.29, 0.717) is 37.6 Å². The molecule has 1 aromatic heterocycles. The number of benzene rings is 2. The van der Waals surface area contributed by atoms with Crippen LogP contribution in [0.4, 0.5) is 5.69 Å². The molecule has 156 valence electrons. The summed E-state index contributed by atoms with van der Waals surface area (Å²) in [7, 11) is 1.66. The number of carbonyl (C=O) groups excluding carboxylic acids is 1. The van der Waals surface area contributed by atoms with Crippen LogP contribution < -0.4 is 9.64 Å². The standard InChI is InChI=1S/C23H26N4O3/c1-17-4-3-5-18(16-17)23-24-21(30-25-23)10-11-22(28)27-14-12-26(13-15-27)19-6-8-20(29-2)9-7-19/h3-9,16H,10-15H2,1-2H3. The van der Waals surface area contributed by atoms with Gasteiger partial charge in [0.1, 0.15) is 5.75 Å². The van der Waals surface area contributed by atoms with E-state index in [1.807, 2.05) is 48.2 Å². The minimum absolute atomic E-state index is 0.125. The van der Waals surface area contributed by atoms with Crippen LogP contribution in [0.5, 0.6) is 5.75 Å². The van der Waals surface area contributed by atoms with Crippen LogP contribution in [0.25, 0.3) is 11.4 Å². The second-order valence-electron chi connectivity index (χ2n) is 7.45. The quantitative estimate of drug-likeness (QED) is 0.625. The van der Waals surface area contributed by atoms with Gasteiger partial charge in [0.15, 0.2) is 0 Å². The van der Waals surface area contributed by atoms with Gasteiger partial charge >= 0.3 is 0 Å².